The maximum atomic E-state index is 12.4. The first-order valence-electron chi connectivity index (χ1n) is 8.60. The molecule has 0 fully saturated rings. The highest BCUT2D eigenvalue weighted by molar-refractivity contribution is 7.99. The van der Waals surface area contributed by atoms with Crippen molar-refractivity contribution in [2.45, 2.75) is 36.1 Å². The molecule has 0 aliphatic carbocycles. The van der Waals surface area contributed by atoms with Crippen LogP contribution in [0.5, 0.6) is 0 Å². The molecule has 0 saturated carbocycles. The quantitative estimate of drug-likeness (QED) is 0.617. The minimum absolute atomic E-state index is 0.266. The second-order valence-electron chi connectivity index (χ2n) is 6.20. The Kier molecular flexibility index (Phi) is 8.06. The molecule has 0 aliphatic heterocycles. The topological polar surface area (TPSA) is 84.2 Å². The molecule has 144 valence electrons. The van der Waals surface area contributed by atoms with Crippen molar-refractivity contribution in [3.63, 3.8) is 0 Å². The molecular formula is C20H25N3O2S2. The number of aryl methyl sites for hydroxylation is 2. The van der Waals surface area contributed by atoms with E-state index in [0.29, 0.717) is 12.1 Å². The van der Waals surface area contributed by atoms with Gasteiger partial charge in [0.05, 0.1) is 0 Å². The molecule has 2 rings (SSSR count). The first-order valence-corrected chi connectivity index (χ1v) is 10.8. The van der Waals surface area contributed by atoms with Crippen molar-refractivity contribution in [1.29, 1.82) is 0 Å². The summed E-state index contributed by atoms with van der Waals surface area (Å²) < 4.78 is 0. The summed E-state index contributed by atoms with van der Waals surface area (Å²) in [5, 5.41) is 5.33. The summed E-state index contributed by atoms with van der Waals surface area (Å²) in [5.74, 6) is 0.488. The number of benzene rings is 2. The fraction of sp³-hybridized carbons (Fsp3) is 0.300. The number of anilines is 1. The van der Waals surface area contributed by atoms with Crippen molar-refractivity contribution in [3.8, 4) is 0 Å². The van der Waals surface area contributed by atoms with Gasteiger partial charge in [0.15, 0.2) is 0 Å². The number of thioether (sulfide) groups is 1. The van der Waals surface area contributed by atoms with E-state index in [1.54, 1.807) is 23.5 Å². The zero-order valence-electron chi connectivity index (χ0n) is 15.7. The zero-order chi connectivity index (χ0) is 19.8. The van der Waals surface area contributed by atoms with Crippen LogP contribution < -0.4 is 16.4 Å². The van der Waals surface area contributed by atoms with Gasteiger partial charge >= 0.3 is 6.03 Å². The molecular weight excluding hydrogens is 378 g/mol. The molecule has 0 heterocycles. The molecule has 5 nitrogen and oxygen atoms in total. The number of carbonyl (C=O) groups is 2. The van der Waals surface area contributed by atoms with E-state index in [0.717, 1.165) is 10.6 Å². The molecule has 0 aliphatic rings. The average molecular weight is 404 g/mol. The minimum atomic E-state index is -0.698. The SMILES string of the molecule is CSCC[C@@H](NC(N)=O)C(=O)Nc1ccc(Sc2ccc(C)c(C)c2)cc1. The Bertz CT molecular complexity index is 794. The Morgan fingerprint density at radius 3 is 2.30 bits per heavy atom. The monoisotopic (exact) mass is 403 g/mol. The Balaban J connectivity index is 1.99. The number of primary amides is 1. The summed E-state index contributed by atoms with van der Waals surface area (Å²) in [6, 6.07) is 12.7. The van der Waals surface area contributed by atoms with E-state index in [4.69, 9.17) is 5.73 Å². The lowest BCUT2D eigenvalue weighted by Gasteiger charge is -2.17. The van der Waals surface area contributed by atoms with Crippen LogP contribution in [0.4, 0.5) is 10.5 Å². The summed E-state index contributed by atoms with van der Waals surface area (Å²) >= 11 is 3.29. The highest BCUT2D eigenvalue weighted by Gasteiger charge is 2.19. The lowest BCUT2D eigenvalue weighted by molar-refractivity contribution is -0.117. The van der Waals surface area contributed by atoms with E-state index in [1.807, 2.05) is 30.5 Å². The molecule has 0 aromatic heterocycles. The predicted molar refractivity (Wildman–Crippen MR) is 115 cm³/mol. The smallest absolute Gasteiger partial charge is 0.312 e. The molecule has 0 spiro atoms. The van der Waals surface area contributed by atoms with Crippen molar-refractivity contribution in [2.24, 2.45) is 5.73 Å². The number of hydrogen-bond donors (Lipinski definition) is 3. The third kappa shape index (κ3) is 6.84. The standard InChI is InChI=1S/C20H25N3O2S2/c1-13-4-7-17(12-14(13)2)27-16-8-5-15(6-9-16)22-19(24)18(10-11-26-3)23-20(21)25/h4-9,12,18H,10-11H2,1-3H3,(H,22,24)(H3,21,23,25)/t18-/m1/s1. The normalized spacial score (nSPS) is 11.7. The first kappa shape index (κ1) is 21.2. The van der Waals surface area contributed by atoms with Crippen molar-refractivity contribution < 1.29 is 9.59 Å². The summed E-state index contributed by atoms with van der Waals surface area (Å²) in [6.45, 7) is 4.20. The Morgan fingerprint density at radius 2 is 1.70 bits per heavy atom. The number of nitrogens with one attached hydrogen (secondary N) is 2. The molecule has 2 aromatic carbocycles. The molecule has 4 N–H and O–H groups in total. The van der Waals surface area contributed by atoms with Crippen LogP contribution in [0.2, 0.25) is 0 Å². The number of urea groups is 1. The van der Waals surface area contributed by atoms with Gasteiger partial charge in [-0.2, -0.15) is 11.8 Å². The van der Waals surface area contributed by atoms with Crippen LogP contribution in [0.15, 0.2) is 52.3 Å². The Hall–Kier alpha value is -2.12. The third-order valence-corrected chi connectivity index (χ3v) is 5.72. The molecule has 0 saturated heterocycles. The summed E-state index contributed by atoms with van der Waals surface area (Å²) in [5.41, 5.74) is 8.40. The molecule has 7 heteroatoms. The van der Waals surface area contributed by atoms with Gasteiger partial charge in [0, 0.05) is 15.5 Å². The first-order chi connectivity index (χ1) is 12.9. The minimum Gasteiger partial charge on any atom is -0.352 e. The highest BCUT2D eigenvalue weighted by Crippen LogP contribution is 2.29. The maximum absolute atomic E-state index is 12.4. The summed E-state index contributed by atoms with van der Waals surface area (Å²) in [6.07, 6.45) is 2.47. The van der Waals surface area contributed by atoms with Gasteiger partial charge in [0.25, 0.3) is 0 Å². The fourth-order valence-corrected chi connectivity index (χ4v) is 3.81. The van der Waals surface area contributed by atoms with Crippen LogP contribution in [-0.2, 0) is 4.79 Å². The molecule has 0 bridgehead atoms. The number of rotatable bonds is 8. The second-order valence-corrected chi connectivity index (χ2v) is 8.34. The van der Waals surface area contributed by atoms with E-state index in [-0.39, 0.29) is 5.91 Å². The lowest BCUT2D eigenvalue weighted by Crippen LogP contribution is -2.46. The van der Waals surface area contributed by atoms with Gasteiger partial charge < -0.3 is 16.4 Å². The van der Waals surface area contributed by atoms with Crippen molar-refractivity contribution in [1.82, 2.24) is 5.32 Å². The molecule has 3 amide bonds. The van der Waals surface area contributed by atoms with Gasteiger partial charge in [0.1, 0.15) is 6.04 Å². The van der Waals surface area contributed by atoms with E-state index >= 15 is 0 Å². The highest BCUT2D eigenvalue weighted by atomic mass is 32.2. The van der Waals surface area contributed by atoms with Gasteiger partial charge in [-0.1, -0.05) is 17.8 Å². The number of hydrogen-bond acceptors (Lipinski definition) is 4. The van der Waals surface area contributed by atoms with Crippen LogP contribution in [-0.4, -0.2) is 30.0 Å². The van der Waals surface area contributed by atoms with Crippen LogP contribution in [0.1, 0.15) is 17.5 Å². The largest absolute Gasteiger partial charge is 0.352 e. The third-order valence-electron chi connectivity index (χ3n) is 4.08. The summed E-state index contributed by atoms with van der Waals surface area (Å²) in [4.78, 5) is 25.8. The maximum Gasteiger partial charge on any atom is 0.312 e. The molecule has 2 aromatic rings. The van der Waals surface area contributed by atoms with E-state index in [9.17, 15) is 9.59 Å². The lowest BCUT2D eigenvalue weighted by atomic mass is 10.1. The molecule has 0 radical (unpaired) electrons. The van der Waals surface area contributed by atoms with E-state index in [2.05, 4.69) is 42.7 Å². The van der Waals surface area contributed by atoms with Crippen LogP contribution in [0, 0.1) is 13.8 Å². The Morgan fingerprint density at radius 1 is 1.04 bits per heavy atom. The molecule has 0 unspecified atom stereocenters. The van der Waals surface area contributed by atoms with Gasteiger partial charge in [-0.05, 0) is 79.8 Å². The average Bonchev–Trinajstić information content (AvgIpc) is 2.63. The van der Waals surface area contributed by atoms with Crippen molar-refractivity contribution >= 4 is 41.1 Å². The zero-order valence-corrected chi connectivity index (χ0v) is 17.4. The summed E-state index contributed by atoms with van der Waals surface area (Å²) in [7, 11) is 0. The van der Waals surface area contributed by atoms with Gasteiger partial charge in [0.2, 0.25) is 5.91 Å². The molecule has 1 atom stereocenters. The Labute approximate surface area is 168 Å². The van der Waals surface area contributed by atoms with Gasteiger partial charge in [-0.3, -0.25) is 4.79 Å². The number of amides is 3. The van der Waals surface area contributed by atoms with Crippen LogP contribution in [0.3, 0.4) is 0 Å². The van der Waals surface area contributed by atoms with E-state index in [1.165, 1.54) is 16.0 Å². The van der Waals surface area contributed by atoms with Crippen LogP contribution in [0.25, 0.3) is 0 Å². The van der Waals surface area contributed by atoms with Crippen LogP contribution >= 0.6 is 23.5 Å². The van der Waals surface area contributed by atoms with Gasteiger partial charge in [-0.15, -0.1) is 0 Å². The van der Waals surface area contributed by atoms with Gasteiger partial charge in [-0.25, -0.2) is 4.79 Å². The van der Waals surface area contributed by atoms with E-state index < -0.39 is 12.1 Å². The molecule has 27 heavy (non-hydrogen) atoms. The predicted octanol–water partition coefficient (Wildman–Crippen LogP) is 4.18. The van der Waals surface area contributed by atoms with Crippen molar-refractivity contribution in [3.05, 3.63) is 53.6 Å². The second kappa shape index (κ2) is 10.3. The number of carbonyl (C=O) groups excluding carboxylic acids is 2. The fourth-order valence-electron chi connectivity index (χ4n) is 2.43. The number of nitrogens with two attached hydrogens (primary N) is 1. The van der Waals surface area contributed by atoms with Crippen molar-refractivity contribution in [2.75, 3.05) is 17.3 Å².